The van der Waals surface area contributed by atoms with E-state index in [1.807, 2.05) is 23.4 Å². The molecule has 4 aromatic rings. The summed E-state index contributed by atoms with van der Waals surface area (Å²) in [6.45, 7) is 4.45. The van der Waals surface area contributed by atoms with Gasteiger partial charge < -0.3 is 14.9 Å². The number of benzene rings is 3. The summed E-state index contributed by atoms with van der Waals surface area (Å²) in [5.41, 5.74) is 7.35. The highest BCUT2D eigenvalue weighted by Gasteiger charge is 2.46. The molecule has 0 saturated carbocycles. The van der Waals surface area contributed by atoms with Crippen molar-refractivity contribution in [2.24, 2.45) is 5.41 Å². The first-order chi connectivity index (χ1) is 28.6. The molecule has 1 spiro atoms. The molecule has 3 aromatic carbocycles. The number of nitrogens with zero attached hydrogens (tertiary/aromatic N) is 6. The van der Waals surface area contributed by atoms with E-state index in [2.05, 4.69) is 51.5 Å². The number of imide groups is 2. The number of nitrogens with one attached hydrogen (secondary N) is 1. The van der Waals surface area contributed by atoms with Crippen molar-refractivity contribution >= 4 is 35.5 Å². The van der Waals surface area contributed by atoms with Gasteiger partial charge in [0.2, 0.25) is 23.7 Å². The number of carbonyl (C=O) groups excluding carboxylic acids is 5. The predicted molar refractivity (Wildman–Crippen MR) is 216 cm³/mol. The minimum atomic E-state index is -0.995. The molecule has 1 aliphatic carbocycles. The molecule has 5 amide bonds. The number of likely N-dealkylation sites (tertiary alicyclic amines) is 1. The summed E-state index contributed by atoms with van der Waals surface area (Å²) in [4.78, 5) is 81.5. The molecule has 302 valence electrons. The smallest absolute Gasteiger partial charge is 0.262 e. The van der Waals surface area contributed by atoms with Crippen LogP contribution in [-0.2, 0) is 33.9 Å². The molecule has 3 atom stereocenters. The Balaban J connectivity index is 0.732. The zero-order valence-corrected chi connectivity index (χ0v) is 32.9. The maximum absolute atomic E-state index is 13.6. The molecule has 10 rings (SSSR count). The fourth-order valence-corrected chi connectivity index (χ4v) is 10.7. The van der Waals surface area contributed by atoms with Gasteiger partial charge in [0, 0.05) is 64.0 Å². The number of carbonyl (C=O) groups is 5. The Hall–Kier alpha value is -5.95. The lowest BCUT2D eigenvalue weighted by molar-refractivity contribution is -0.137. The Bertz CT molecular complexity index is 2320. The van der Waals surface area contributed by atoms with Crippen LogP contribution in [0.3, 0.4) is 0 Å². The lowest BCUT2D eigenvalue weighted by Crippen LogP contribution is -2.54. The Morgan fingerprint density at radius 3 is 2.08 bits per heavy atom. The van der Waals surface area contributed by atoms with Gasteiger partial charge in [0.05, 0.1) is 17.7 Å². The summed E-state index contributed by atoms with van der Waals surface area (Å²) in [7, 11) is 0. The van der Waals surface area contributed by atoms with Crippen LogP contribution in [0.1, 0.15) is 111 Å². The number of aryl methyl sites for hydroxylation is 1. The molecule has 3 fully saturated rings. The molecule has 2 N–H and O–H groups in total. The summed E-state index contributed by atoms with van der Waals surface area (Å²) < 4.78 is 0. The summed E-state index contributed by atoms with van der Waals surface area (Å²) in [6, 6.07) is 18.9. The minimum absolute atomic E-state index is 0.0764. The third-order valence-electron chi connectivity index (χ3n) is 14.0. The largest absolute Gasteiger partial charge is 0.508 e. The van der Waals surface area contributed by atoms with Crippen LogP contribution in [0.25, 0.3) is 0 Å². The van der Waals surface area contributed by atoms with Crippen LogP contribution in [0.2, 0.25) is 0 Å². The number of rotatable bonds is 6. The van der Waals surface area contributed by atoms with Crippen molar-refractivity contribution in [3.05, 3.63) is 118 Å². The minimum Gasteiger partial charge on any atom is -0.508 e. The standard InChI is InChI=1S/C46H47N7O6/c54-33-7-9-35-29(20-33)6-8-34(28-4-2-1-3-5-28)41(35)32-23-47-45(48-24-32)52-18-14-46(15-19-52)12-16-51(17-13-46)40(56)27-50-25-30-21-36-37(22-31(30)26-50)44(59)53(43(36)58)38-10-11-39(55)49-42(38)57/h1-5,7,9,20-24,34,38,41,54H,6,8,10-19,25-27H2,(H,49,55,57)/t34-,38?,41+/m0/s1. The molecule has 1 aromatic heterocycles. The summed E-state index contributed by atoms with van der Waals surface area (Å²) in [5, 5.41) is 12.5. The Morgan fingerprint density at radius 1 is 0.763 bits per heavy atom. The van der Waals surface area contributed by atoms with Gasteiger partial charge >= 0.3 is 0 Å². The fraction of sp³-hybridized carbons (Fsp3) is 0.413. The van der Waals surface area contributed by atoms with Crippen molar-refractivity contribution in [1.82, 2.24) is 30.0 Å². The van der Waals surface area contributed by atoms with Gasteiger partial charge in [-0.15, -0.1) is 0 Å². The number of hydrogen-bond donors (Lipinski definition) is 2. The molecule has 59 heavy (non-hydrogen) atoms. The third-order valence-corrected chi connectivity index (χ3v) is 14.0. The number of piperidine rings is 3. The highest BCUT2D eigenvalue weighted by Crippen LogP contribution is 2.47. The molecular weight excluding hydrogens is 747 g/mol. The molecule has 0 bridgehead atoms. The van der Waals surface area contributed by atoms with E-state index in [0.717, 1.165) is 92.2 Å². The van der Waals surface area contributed by atoms with Gasteiger partial charge in [-0.25, -0.2) is 9.97 Å². The van der Waals surface area contributed by atoms with Gasteiger partial charge in [-0.3, -0.25) is 39.1 Å². The van der Waals surface area contributed by atoms with Crippen molar-refractivity contribution in [3.8, 4) is 5.75 Å². The van der Waals surface area contributed by atoms with Gasteiger partial charge in [-0.05, 0) is 114 Å². The summed E-state index contributed by atoms with van der Waals surface area (Å²) in [6.07, 6.45) is 10.1. The quantitative estimate of drug-likeness (QED) is 0.263. The molecule has 13 heteroatoms. The SMILES string of the molecule is O=C1CCC(N2C(=O)c3cc4c(cc3C2=O)CN(CC(=O)N2CCC3(CC2)CCN(c2ncc([C@H]5c6ccc(O)cc6CC[C@H]5c5ccccc5)cn2)CC3)C4)C(=O)N1. The lowest BCUT2D eigenvalue weighted by Gasteiger charge is -2.47. The highest BCUT2D eigenvalue weighted by molar-refractivity contribution is 6.23. The van der Waals surface area contributed by atoms with E-state index >= 15 is 0 Å². The Morgan fingerprint density at radius 2 is 1.42 bits per heavy atom. The van der Waals surface area contributed by atoms with Crippen LogP contribution < -0.4 is 10.2 Å². The monoisotopic (exact) mass is 793 g/mol. The maximum atomic E-state index is 13.6. The number of aromatic nitrogens is 2. The van der Waals surface area contributed by atoms with E-state index in [9.17, 15) is 29.1 Å². The number of aromatic hydroxyl groups is 1. The van der Waals surface area contributed by atoms with Crippen LogP contribution in [0.15, 0.2) is 73.1 Å². The topological polar surface area (TPSA) is 156 Å². The molecular formula is C46H47N7O6. The van der Waals surface area contributed by atoms with Crippen molar-refractivity contribution < 1.29 is 29.1 Å². The average Bonchev–Trinajstić information content (AvgIpc) is 3.75. The normalized spacial score (nSPS) is 23.9. The molecule has 13 nitrogen and oxygen atoms in total. The fourth-order valence-electron chi connectivity index (χ4n) is 10.7. The van der Waals surface area contributed by atoms with Crippen molar-refractivity contribution in [2.45, 2.75) is 82.3 Å². The number of hydrogen-bond acceptors (Lipinski definition) is 10. The lowest BCUT2D eigenvalue weighted by atomic mass is 9.70. The summed E-state index contributed by atoms with van der Waals surface area (Å²) >= 11 is 0. The van der Waals surface area contributed by atoms with E-state index in [-0.39, 0.29) is 47.8 Å². The molecule has 6 aliphatic rings. The van der Waals surface area contributed by atoms with Crippen LogP contribution in [0.4, 0.5) is 5.95 Å². The van der Waals surface area contributed by atoms with Crippen molar-refractivity contribution in [1.29, 1.82) is 0 Å². The molecule has 1 unspecified atom stereocenters. The average molecular weight is 794 g/mol. The van der Waals surface area contributed by atoms with E-state index in [1.165, 1.54) is 16.7 Å². The highest BCUT2D eigenvalue weighted by atomic mass is 16.3. The number of fused-ring (bicyclic) bond motifs is 3. The first-order valence-corrected chi connectivity index (χ1v) is 20.9. The van der Waals surface area contributed by atoms with Crippen molar-refractivity contribution in [3.63, 3.8) is 0 Å². The zero-order chi connectivity index (χ0) is 40.4. The summed E-state index contributed by atoms with van der Waals surface area (Å²) in [5.74, 6) is -0.516. The number of phenolic OH excluding ortho intramolecular Hbond substituents is 1. The van der Waals surface area contributed by atoms with Gasteiger partial charge in [0.1, 0.15) is 11.8 Å². The predicted octanol–water partition coefficient (Wildman–Crippen LogP) is 4.67. The van der Waals surface area contributed by atoms with E-state index in [4.69, 9.17) is 9.97 Å². The maximum Gasteiger partial charge on any atom is 0.262 e. The van der Waals surface area contributed by atoms with Gasteiger partial charge in [0.25, 0.3) is 11.8 Å². The van der Waals surface area contributed by atoms with Crippen LogP contribution in [-0.4, -0.2) is 98.1 Å². The van der Waals surface area contributed by atoms with E-state index < -0.39 is 29.7 Å². The zero-order valence-electron chi connectivity index (χ0n) is 32.9. The van der Waals surface area contributed by atoms with E-state index in [0.29, 0.717) is 24.8 Å². The molecule has 0 radical (unpaired) electrons. The Labute approximate surface area is 342 Å². The van der Waals surface area contributed by atoms with E-state index in [1.54, 1.807) is 18.2 Å². The van der Waals surface area contributed by atoms with Crippen molar-refractivity contribution in [2.75, 3.05) is 37.6 Å². The second kappa shape index (κ2) is 14.7. The van der Waals surface area contributed by atoms with Crippen LogP contribution in [0.5, 0.6) is 5.75 Å². The van der Waals surface area contributed by atoms with Crippen LogP contribution in [0, 0.1) is 5.41 Å². The second-order valence-corrected chi connectivity index (χ2v) is 17.4. The van der Waals surface area contributed by atoms with Gasteiger partial charge in [-0.2, -0.15) is 0 Å². The van der Waals surface area contributed by atoms with Gasteiger partial charge in [0.15, 0.2) is 0 Å². The second-order valence-electron chi connectivity index (χ2n) is 17.4. The molecule has 3 saturated heterocycles. The number of phenols is 1. The van der Waals surface area contributed by atoms with Crippen LogP contribution >= 0.6 is 0 Å². The third kappa shape index (κ3) is 6.74. The number of anilines is 1. The molecule has 6 heterocycles. The first kappa shape index (κ1) is 37.3. The number of amides is 5. The van der Waals surface area contributed by atoms with Gasteiger partial charge in [-0.1, -0.05) is 36.4 Å². The first-order valence-electron chi connectivity index (χ1n) is 20.9. The molecule has 5 aliphatic heterocycles. The Kier molecular flexibility index (Phi) is 9.30.